The van der Waals surface area contributed by atoms with E-state index in [1.165, 1.54) is 5.06 Å². The zero-order valence-electron chi connectivity index (χ0n) is 10.8. The third-order valence-corrected chi connectivity index (χ3v) is 2.51. The van der Waals surface area contributed by atoms with Crippen molar-refractivity contribution in [3.8, 4) is 11.4 Å². The Hall–Kier alpha value is -1.94. The van der Waals surface area contributed by atoms with E-state index in [0.717, 1.165) is 11.4 Å². The Bertz CT molecular complexity index is 520. The molecule has 4 heteroatoms. The molecule has 0 spiro atoms. The number of pyridine rings is 2. The zero-order valence-corrected chi connectivity index (χ0v) is 10.8. The normalized spacial score (nSPS) is 11.3. The van der Waals surface area contributed by atoms with E-state index in [2.05, 4.69) is 9.97 Å². The summed E-state index contributed by atoms with van der Waals surface area (Å²) in [4.78, 5) is 8.67. The fourth-order valence-electron chi connectivity index (χ4n) is 1.54. The minimum atomic E-state index is -0.393. The molecule has 0 saturated carbocycles. The lowest BCUT2D eigenvalue weighted by Crippen LogP contribution is -2.39. The van der Waals surface area contributed by atoms with Crippen LogP contribution in [0.4, 0.5) is 5.82 Å². The van der Waals surface area contributed by atoms with Gasteiger partial charge in [-0.25, -0.2) is 10.0 Å². The molecule has 2 heterocycles. The molecule has 2 aromatic heterocycles. The third-order valence-electron chi connectivity index (χ3n) is 2.51. The highest BCUT2D eigenvalue weighted by Gasteiger charge is 2.21. The number of hydrogen-bond acceptors (Lipinski definition) is 4. The number of anilines is 1. The molecule has 0 aliphatic carbocycles. The lowest BCUT2D eigenvalue weighted by atomic mass is 10.1. The maximum absolute atomic E-state index is 10.1. The summed E-state index contributed by atoms with van der Waals surface area (Å²) in [5, 5.41) is 11.2. The highest BCUT2D eigenvalue weighted by Crippen LogP contribution is 2.22. The fraction of sp³-hybridized carbons (Fsp3) is 0.286. The van der Waals surface area contributed by atoms with Crippen molar-refractivity contribution in [2.75, 3.05) is 5.06 Å². The van der Waals surface area contributed by atoms with E-state index in [1.807, 2.05) is 51.1 Å². The molecule has 4 nitrogen and oxygen atoms in total. The van der Waals surface area contributed by atoms with E-state index in [1.54, 1.807) is 12.3 Å². The smallest absolute Gasteiger partial charge is 0.153 e. The molecule has 0 aliphatic rings. The van der Waals surface area contributed by atoms with Crippen molar-refractivity contribution in [1.29, 1.82) is 0 Å². The minimum Gasteiger partial charge on any atom is -0.286 e. The summed E-state index contributed by atoms with van der Waals surface area (Å²) >= 11 is 0. The summed E-state index contributed by atoms with van der Waals surface area (Å²) in [5.41, 5.74) is 1.15. The van der Waals surface area contributed by atoms with Gasteiger partial charge in [-0.05, 0) is 45.0 Å². The maximum Gasteiger partial charge on any atom is 0.153 e. The molecule has 0 fully saturated rings. The van der Waals surface area contributed by atoms with E-state index >= 15 is 0 Å². The first-order valence-electron chi connectivity index (χ1n) is 5.86. The minimum absolute atomic E-state index is 0.393. The van der Waals surface area contributed by atoms with Gasteiger partial charge in [0.15, 0.2) is 5.82 Å². The largest absolute Gasteiger partial charge is 0.286 e. The molecule has 0 saturated heterocycles. The van der Waals surface area contributed by atoms with Crippen LogP contribution < -0.4 is 5.06 Å². The average Bonchev–Trinajstić information content (AvgIpc) is 2.38. The van der Waals surface area contributed by atoms with Crippen LogP contribution in [0.25, 0.3) is 11.4 Å². The predicted octanol–water partition coefficient (Wildman–Crippen LogP) is 3.14. The molecule has 0 bridgehead atoms. The predicted molar refractivity (Wildman–Crippen MR) is 71.5 cm³/mol. The average molecular weight is 243 g/mol. The van der Waals surface area contributed by atoms with Crippen LogP contribution in [0.1, 0.15) is 20.8 Å². The number of rotatable bonds is 2. The second-order valence-electron chi connectivity index (χ2n) is 5.08. The van der Waals surface area contributed by atoms with Gasteiger partial charge in [0, 0.05) is 6.20 Å². The van der Waals surface area contributed by atoms with Gasteiger partial charge >= 0.3 is 0 Å². The Balaban J connectivity index is 2.37. The first-order chi connectivity index (χ1) is 8.48. The van der Waals surface area contributed by atoms with Gasteiger partial charge < -0.3 is 0 Å². The molecule has 0 radical (unpaired) electrons. The lowest BCUT2D eigenvalue weighted by molar-refractivity contribution is 0.178. The summed E-state index contributed by atoms with van der Waals surface area (Å²) < 4.78 is 0. The van der Waals surface area contributed by atoms with E-state index in [9.17, 15) is 5.21 Å². The molecular weight excluding hydrogens is 226 g/mol. The van der Waals surface area contributed by atoms with Crippen LogP contribution in [0.3, 0.4) is 0 Å². The summed E-state index contributed by atoms with van der Waals surface area (Å²) in [5.74, 6) is 0.519. The molecule has 2 rings (SSSR count). The number of hydroxylamine groups is 1. The highest BCUT2D eigenvalue weighted by atomic mass is 16.5. The second kappa shape index (κ2) is 4.74. The van der Waals surface area contributed by atoms with Crippen molar-refractivity contribution < 1.29 is 5.21 Å². The molecule has 94 valence electrons. The molecule has 18 heavy (non-hydrogen) atoms. The van der Waals surface area contributed by atoms with Gasteiger partial charge in [0.1, 0.15) is 0 Å². The van der Waals surface area contributed by atoms with Crippen LogP contribution in [0.5, 0.6) is 0 Å². The number of nitrogens with zero attached hydrogens (tertiary/aromatic N) is 3. The van der Waals surface area contributed by atoms with E-state index < -0.39 is 5.54 Å². The number of hydrogen-bond donors (Lipinski definition) is 1. The SMILES string of the molecule is CC(C)(C)N(O)c1cccc(-c2ccccn2)n1. The van der Waals surface area contributed by atoms with Crippen molar-refractivity contribution in [2.45, 2.75) is 26.3 Å². The standard InChI is InChI=1S/C14H17N3O/c1-14(2,3)17(18)13-9-6-8-12(16-13)11-7-4-5-10-15-11/h4-10,18H,1-3H3. The Labute approximate surface area is 107 Å². The molecule has 0 amide bonds. The Kier molecular flexibility index (Phi) is 3.30. The first-order valence-corrected chi connectivity index (χ1v) is 5.86. The van der Waals surface area contributed by atoms with Crippen LogP contribution >= 0.6 is 0 Å². The quantitative estimate of drug-likeness (QED) is 0.823. The molecule has 0 atom stereocenters. The fourth-order valence-corrected chi connectivity index (χ4v) is 1.54. The van der Waals surface area contributed by atoms with Crippen molar-refractivity contribution >= 4 is 5.82 Å². The third kappa shape index (κ3) is 2.65. The van der Waals surface area contributed by atoms with Gasteiger partial charge in [-0.1, -0.05) is 12.1 Å². The van der Waals surface area contributed by atoms with Crippen molar-refractivity contribution in [3.63, 3.8) is 0 Å². The van der Waals surface area contributed by atoms with Crippen LogP contribution in [0.2, 0.25) is 0 Å². The van der Waals surface area contributed by atoms with Crippen LogP contribution in [0, 0.1) is 0 Å². The number of aromatic nitrogens is 2. The first kappa shape index (κ1) is 12.5. The van der Waals surface area contributed by atoms with E-state index in [0.29, 0.717) is 5.82 Å². The van der Waals surface area contributed by atoms with Gasteiger partial charge in [-0.3, -0.25) is 10.2 Å². The topological polar surface area (TPSA) is 49.2 Å². The molecule has 1 N–H and O–H groups in total. The zero-order chi connectivity index (χ0) is 13.2. The van der Waals surface area contributed by atoms with Crippen molar-refractivity contribution in [1.82, 2.24) is 9.97 Å². The van der Waals surface area contributed by atoms with Crippen LogP contribution in [-0.2, 0) is 0 Å². The molecule has 0 aliphatic heterocycles. The summed E-state index contributed by atoms with van der Waals surface area (Å²) in [6.07, 6.45) is 1.73. The molecular formula is C14H17N3O. The van der Waals surface area contributed by atoms with Crippen LogP contribution in [-0.4, -0.2) is 20.7 Å². The molecule has 0 aromatic carbocycles. The van der Waals surface area contributed by atoms with Gasteiger partial charge in [0.25, 0.3) is 0 Å². The van der Waals surface area contributed by atoms with E-state index in [4.69, 9.17) is 0 Å². The lowest BCUT2D eigenvalue weighted by Gasteiger charge is -2.30. The summed E-state index contributed by atoms with van der Waals surface area (Å²) in [7, 11) is 0. The molecule has 0 unspecified atom stereocenters. The van der Waals surface area contributed by atoms with Crippen molar-refractivity contribution in [2.24, 2.45) is 0 Å². The van der Waals surface area contributed by atoms with Crippen molar-refractivity contribution in [3.05, 3.63) is 42.6 Å². The van der Waals surface area contributed by atoms with Gasteiger partial charge in [0.2, 0.25) is 0 Å². The van der Waals surface area contributed by atoms with E-state index in [-0.39, 0.29) is 0 Å². The van der Waals surface area contributed by atoms with Gasteiger partial charge in [0.05, 0.1) is 16.9 Å². The monoisotopic (exact) mass is 243 g/mol. The van der Waals surface area contributed by atoms with Gasteiger partial charge in [-0.2, -0.15) is 0 Å². The summed E-state index contributed by atoms with van der Waals surface area (Å²) in [6, 6.07) is 11.2. The maximum atomic E-state index is 10.1. The Morgan fingerprint density at radius 3 is 2.33 bits per heavy atom. The Morgan fingerprint density at radius 1 is 1.00 bits per heavy atom. The second-order valence-corrected chi connectivity index (χ2v) is 5.08. The molecule has 2 aromatic rings. The highest BCUT2D eigenvalue weighted by molar-refractivity contribution is 5.57. The summed E-state index contributed by atoms with van der Waals surface area (Å²) in [6.45, 7) is 5.76. The van der Waals surface area contributed by atoms with Gasteiger partial charge in [-0.15, -0.1) is 0 Å². The van der Waals surface area contributed by atoms with Crippen LogP contribution in [0.15, 0.2) is 42.6 Å². The Morgan fingerprint density at radius 2 is 1.72 bits per heavy atom.